The Morgan fingerprint density at radius 2 is 2.24 bits per heavy atom. The van der Waals surface area contributed by atoms with E-state index in [2.05, 4.69) is 15.2 Å². The van der Waals surface area contributed by atoms with E-state index in [-0.39, 0.29) is 12.1 Å². The van der Waals surface area contributed by atoms with E-state index in [0.717, 1.165) is 11.9 Å². The van der Waals surface area contributed by atoms with E-state index < -0.39 is 0 Å². The van der Waals surface area contributed by atoms with Gasteiger partial charge >= 0.3 is 6.03 Å². The largest absolute Gasteiger partial charge is 0.351 e. The SMILES string of the molecule is O=Cc1c(N2CCN3C(=O)NCC3C2)nc2ccccn12. The van der Waals surface area contributed by atoms with Crippen molar-refractivity contribution in [3.05, 3.63) is 30.1 Å². The van der Waals surface area contributed by atoms with Crippen LogP contribution in [0.5, 0.6) is 0 Å². The first kappa shape index (κ1) is 12.2. The second-order valence-electron chi connectivity index (χ2n) is 5.35. The Bertz CT molecular complexity index is 725. The molecule has 2 aliphatic heterocycles. The number of piperazine rings is 1. The number of aldehydes is 1. The number of fused-ring (bicyclic) bond motifs is 2. The molecule has 2 aliphatic rings. The normalized spacial score (nSPS) is 21.5. The second-order valence-corrected chi connectivity index (χ2v) is 5.35. The predicted molar refractivity (Wildman–Crippen MR) is 76.7 cm³/mol. The standard InChI is InChI=1S/C14H15N5O2/c20-9-11-13(16-12-3-1-2-4-19(11)12)17-5-6-18-10(8-17)7-15-14(18)21/h1-4,9-10H,5-8H2,(H,15,21). The maximum atomic E-state index is 11.6. The first-order valence-electron chi connectivity index (χ1n) is 6.99. The molecular formula is C14H15N5O2. The molecule has 7 nitrogen and oxygen atoms in total. The number of pyridine rings is 1. The molecule has 2 saturated heterocycles. The number of imidazole rings is 1. The van der Waals surface area contributed by atoms with E-state index in [1.807, 2.05) is 29.3 Å². The molecule has 0 saturated carbocycles. The third-order valence-corrected chi connectivity index (χ3v) is 4.19. The Morgan fingerprint density at radius 1 is 1.33 bits per heavy atom. The highest BCUT2D eigenvalue weighted by Crippen LogP contribution is 2.24. The third-order valence-electron chi connectivity index (χ3n) is 4.19. The highest BCUT2D eigenvalue weighted by molar-refractivity contribution is 5.84. The molecule has 1 N–H and O–H groups in total. The molecule has 108 valence electrons. The van der Waals surface area contributed by atoms with Crippen LogP contribution < -0.4 is 10.2 Å². The highest BCUT2D eigenvalue weighted by Gasteiger charge is 2.36. The predicted octanol–water partition coefficient (Wildman–Crippen LogP) is 0.361. The first-order chi connectivity index (χ1) is 10.3. The Morgan fingerprint density at radius 3 is 3.10 bits per heavy atom. The van der Waals surface area contributed by atoms with Gasteiger partial charge in [0.25, 0.3) is 0 Å². The summed E-state index contributed by atoms with van der Waals surface area (Å²) in [5.41, 5.74) is 1.33. The molecule has 2 aromatic rings. The van der Waals surface area contributed by atoms with Gasteiger partial charge in [0, 0.05) is 32.4 Å². The van der Waals surface area contributed by atoms with Crippen LogP contribution in [0.4, 0.5) is 10.6 Å². The number of carbonyl (C=O) groups is 2. The van der Waals surface area contributed by atoms with Gasteiger partial charge in [0.05, 0.1) is 6.04 Å². The van der Waals surface area contributed by atoms with Crippen molar-refractivity contribution < 1.29 is 9.59 Å². The minimum Gasteiger partial charge on any atom is -0.351 e. The number of hydrogen-bond donors (Lipinski definition) is 1. The van der Waals surface area contributed by atoms with Gasteiger partial charge in [-0.15, -0.1) is 0 Å². The van der Waals surface area contributed by atoms with E-state index in [4.69, 9.17) is 0 Å². The van der Waals surface area contributed by atoms with Crippen molar-refractivity contribution in [3.8, 4) is 0 Å². The minimum absolute atomic E-state index is 0.00487. The summed E-state index contributed by atoms with van der Waals surface area (Å²) in [6, 6.07) is 5.81. The third kappa shape index (κ3) is 1.77. The smallest absolute Gasteiger partial charge is 0.317 e. The molecule has 0 aromatic carbocycles. The van der Waals surface area contributed by atoms with Crippen molar-refractivity contribution >= 4 is 23.8 Å². The molecule has 7 heteroatoms. The van der Waals surface area contributed by atoms with Gasteiger partial charge in [0.2, 0.25) is 0 Å². The summed E-state index contributed by atoms with van der Waals surface area (Å²) < 4.78 is 1.80. The van der Waals surface area contributed by atoms with Crippen LogP contribution in [-0.4, -0.2) is 58.8 Å². The van der Waals surface area contributed by atoms with Crippen LogP contribution in [0.15, 0.2) is 24.4 Å². The molecule has 2 aromatic heterocycles. The van der Waals surface area contributed by atoms with E-state index >= 15 is 0 Å². The maximum absolute atomic E-state index is 11.6. The maximum Gasteiger partial charge on any atom is 0.317 e. The molecular weight excluding hydrogens is 270 g/mol. The number of urea groups is 1. The number of amides is 2. The lowest BCUT2D eigenvalue weighted by Gasteiger charge is -2.36. The van der Waals surface area contributed by atoms with Gasteiger partial charge in [-0.25, -0.2) is 9.78 Å². The molecule has 1 unspecified atom stereocenters. The Kier molecular flexibility index (Phi) is 2.60. The Hall–Kier alpha value is -2.57. The molecule has 4 rings (SSSR count). The van der Waals surface area contributed by atoms with Crippen LogP contribution in [0.25, 0.3) is 5.65 Å². The van der Waals surface area contributed by atoms with Crippen LogP contribution >= 0.6 is 0 Å². The quantitative estimate of drug-likeness (QED) is 0.809. The number of nitrogens with one attached hydrogen (secondary N) is 1. The van der Waals surface area contributed by atoms with Gasteiger partial charge in [-0.1, -0.05) is 6.07 Å². The summed E-state index contributed by atoms with van der Waals surface area (Å²) in [7, 11) is 0. The monoisotopic (exact) mass is 285 g/mol. The number of aromatic nitrogens is 2. The molecule has 0 aliphatic carbocycles. The van der Waals surface area contributed by atoms with Crippen molar-refractivity contribution in [1.29, 1.82) is 0 Å². The van der Waals surface area contributed by atoms with Gasteiger partial charge in [-0.2, -0.15) is 0 Å². The summed E-state index contributed by atoms with van der Waals surface area (Å²) in [4.78, 5) is 31.6. The van der Waals surface area contributed by atoms with Crippen LogP contribution in [0.2, 0.25) is 0 Å². The fourth-order valence-corrected chi connectivity index (χ4v) is 3.14. The number of hydrogen-bond acceptors (Lipinski definition) is 4. The summed E-state index contributed by atoms with van der Waals surface area (Å²) in [6.07, 6.45) is 2.69. The zero-order chi connectivity index (χ0) is 14.4. The van der Waals surface area contributed by atoms with Crippen LogP contribution in [0, 0.1) is 0 Å². The number of rotatable bonds is 2. The summed E-state index contributed by atoms with van der Waals surface area (Å²) in [5.74, 6) is 0.704. The molecule has 1 atom stereocenters. The van der Waals surface area contributed by atoms with Gasteiger partial charge < -0.3 is 15.1 Å². The average Bonchev–Trinajstić information content (AvgIpc) is 3.07. The number of anilines is 1. The van der Waals surface area contributed by atoms with Gasteiger partial charge in [0.15, 0.2) is 12.1 Å². The zero-order valence-electron chi connectivity index (χ0n) is 11.4. The second kappa shape index (κ2) is 4.47. The van der Waals surface area contributed by atoms with Crippen LogP contribution in [0.3, 0.4) is 0 Å². The van der Waals surface area contributed by atoms with E-state index in [9.17, 15) is 9.59 Å². The van der Waals surface area contributed by atoms with Crippen molar-refractivity contribution in [2.75, 3.05) is 31.1 Å². The Balaban J connectivity index is 1.71. The van der Waals surface area contributed by atoms with Crippen molar-refractivity contribution in [3.63, 3.8) is 0 Å². The topological polar surface area (TPSA) is 70.0 Å². The lowest BCUT2D eigenvalue weighted by molar-refractivity contribution is 0.111. The molecule has 2 amide bonds. The van der Waals surface area contributed by atoms with Gasteiger partial charge in [-0.05, 0) is 12.1 Å². The highest BCUT2D eigenvalue weighted by atomic mass is 16.2. The average molecular weight is 285 g/mol. The van der Waals surface area contributed by atoms with Crippen LogP contribution in [-0.2, 0) is 0 Å². The fourth-order valence-electron chi connectivity index (χ4n) is 3.14. The molecule has 2 fully saturated rings. The number of nitrogens with zero attached hydrogens (tertiary/aromatic N) is 4. The Labute approximate surface area is 121 Å². The summed E-state index contributed by atoms with van der Waals surface area (Å²) >= 11 is 0. The molecule has 21 heavy (non-hydrogen) atoms. The van der Waals surface area contributed by atoms with Crippen molar-refractivity contribution in [2.45, 2.75) is 6.04 Å². The molecule has 0 spiro atoms. The molecule has 4 heterocycles. The van der Waals surface area contributed by atoms with Gasteiger partial charge in [0.1, 0.15) is 11.3 Å². The minimum atomic E-state index is 0.00487. The van der Waals surface area contributed by atoms with E-state index in [1.54, 1.807) is 4.40 Å². The van der Waals surface area contributed by atoms with E-state index in [0.29, 0.717) is 37.7 Å². The van der Waals surface area contributed by atoms with Crippen LogP contribution in [0.1, 0.15) is 10.5 Å². The lowest BCUT2D eigenvalue weighted by Crippen LogP contribution is -2.52. The van der Waals surface area contributed by atoms with Crippen molar-refractivity contribution in [2.24, 2.45) is 0 Å². The number of carbonyl (C=O) groups excluding carboxylic acids is 2. The molecule has 0 bridgehead atoms. The van der Waals surface area contributed by atoms with Gasteiger partial charge in [-0.3, -0.25) is 9.20 Å². The summed E-state index contributed by atoms with van der Waals surface area (Å²) in [5, 5.41) is 2.85. The fraction of sp³-hybridized carbons (Fsp3) is 0.357. The first-order valence-corrected chi connectivity index (χ1v) is 6.99. The lowest BCUT2D eigenvalue weighted by atomic mass is 10.2. The molecule has 0 radical (unpaired) electrons. The van der Waals surface area contributed by atoms with E-state index in [1.165, 1.54) is 0 Å². The summed E-state index contributed by atoms with van der Waals surface area (Å²) in [6.45, 7) is 2.69. The zero-order valence-corrected chi connectivity index (χ0v) is 11.4. The van der Waals surface area contributed by atoms with Crippen molar-refractivity contribution in [1.82, 2.24) is 19.6 Å².